The molecule has 84 valence electrons. The van der Waals surface area contributed by atoms with Gasteiger partial charge in [0.25, 0.3) is 0 Å². The summed E-state index contributed by atoms with van der Waals surface area (Å²) in [5.74, 6) is 0. The van der Waals surface area contributed by atoms with E-state index < -0.39 is 0 Å². The average molecular weight is 215 g/mol. The Bertz CT molecular complexity index is 512. The predicted octanol–water partition coefficient (Wildman–Crippen LogP) is 3.03. The minimum absolute atomic E-state index is 0.0267. The Hall–Kier alpha value is -1.77. The highest BCUT2D eigenvalue weighted by atomic mass is 15.0. The topological polar surface area (TPSA) is 50.9 Å². The Kier molecular flexibility index (Phi) is 2.46. The van der Waals surface area contributed by atoms with Gasteiger partial charge in [-0.15, -0.1) is 0 Å². The number of anilines is 2. The maximum Gasteiger partial charge on any atom is 0.0441 e. The summed E-state index contributed by atoms with van der Waals surface area (Å²) in [4.78, 5) is 4.15. The van der Waals surface area contributed by atoms with E-state index in [1.807, 2.05) is 24.4 Å². The molecule has 1 heterocycles. The number of pyridine rings is 1. The molecule has 0 fully saturated rings. The number of fused-ring (bicyclic) bond motifs is 1. The standard InChI is InChI=1S/C13H17N3/c1-13(2,3)16-12-5-4-11(14)9-6-7-15-8-10(9)12/h4-8,16H,14H2,1-3H3. The summed E-state index contributed by atoms with van der Waals surface area (Å²) in [6, 6.07) is 5.87. The molecule has 0 aliphatic carbocycles. The number of hydrogen-bond acceptors (Lipinski definition) is 3. The van der Waals surface area contributed by atoms with Crippen LogP contribution in [0.25, 0.3) is 10.8 Å². The maximum atomic E-state index is 5.93. The first-order valence-electron chi connectivity index (χ1n) is 5.38. The molecule has 2 rings (SSSR count). The van der Waals surface area contributed by atoms with Crippen molar-refractivity contribution in [1.29, 1.82) is 0 Å². The maximum absolute atomic E-state index is 5.93. The zero-order chi connectivity index (χ0) is 11.8. The molecule has 0 aliphatic rings. The number of nitrogen functional groups attached to an aromatic ring is 1. The summed E-state index contributed by atoms with van der Waals surface area (Å²) in [5.41, 5.74) is 7.82. The first kappa shape index (κ1) is 10.7. The summed E-state index contributed by atoms with van der Waals surface area (Å²) in [7, 11) is 0. The lowest BCUT2D eigenvalue weighted by Gasteiger charge is -2.23. The van der Waals surface area contributed by atoms with E-state index in [0.29, 0.717) is 0 Å². The summed E-state index contributed by atoms with van der Waals surface area (Å²) in [5, 5.41) is 5.57. The van der Waals surface area contributed by atoms with E-state index in [2.05, 4.69) is 31.1 Å². The Balaban J connectivity index is 2.59. The van der Waals surface area contributed by atoms with Crippen molar-refractivity contribution in [2.45, 2.75) is 26.3 Å². The Labute approximate surface area is 95.7 Å². The Morgan fingerprint density at radius 2 is 1.88 bits per heavy atom. The average Bonchev–Trinajstić information content (AvgIpc) is 2.21. The lowest BCUT2D eigenvalue weighted by Crippen LogP contribution is -2.26. The first-order chi connectivity index (χ1) is 7.47. The van der Waals surface area contributed by atoms with Crippen molar-refractivity contribution in [3.8, 4) is 0 Å². The molecule has 0 saturated heterocycles. The van der Waals surface area contributed by atoms with Crippen LogP contribution in [-0.2, 0) is 0 Å². The highest BCUT2D eigenvalue weighted by Gasteiger charge is 2.12. The Morgan fingerprint density at radius 3 is 2.56 bits per heavy atom. The van der Waals surface area contributed by atoms with Crippen LogP contribution in [0.2, 0.25) is 0 Å². The molecular formula is C13H17N3. The second-order valence-corrected chi connectivity index (χ2v) is 5.00. The molecule has 2 aromatic rings. The lowest BCUT2D eigenvalue weighted by atomic mass is 10.1. The molecule has 0 bridgehead atoms. The van der Waals surface area contributed by atoms with Gasteiger partial charge in [-0.25, -0.2) is 0 Å². The monoisotopic (exact) mass is 215 g/mol. The van der Waals surface area contributed by atoms with Crippen molar-refractivity contribution < 1.29 is 0 Å². The molecule has 3 heteroatoms. The highest BCUT2D eigenvalue weighted by Crippen LogP contribution is 2.29. The fourth-order valence-electron chi connectivity index (χ4n) is 1.73. The third-order valence-corrected chi connectivity index (χ3v) is 2.36. The molecule has 16 heavy (non-hydrogen) atoms. The SMILES string of the molecule is CC(C)(C)Nc1ccc(N)c2ccncc12. The van der Waals surface area contributed by atoms with E-state index >= 15 is 0 Å². The van der Waals surface area contributed by atoms with Gasteiger partial charge in [0.2, 0.25) is 0 Å². The number of hydrogen-bond donors (Lipinski definition) is 2. The Morgan fingerprint density at radius 1 is 1.12 bits per heavy atom. The minimum atomic E-state index is 0.0267. The van der Waals surface area contributed by atoms with Gasteiger partial charge < -0.3 is 11.1 Å². The summed E-state index contributed by atoms with van der Waals surface area (Å²) < 4.78 is 0. The molecule has 0 atom stereocenters. The molecule has 0 saturated carbocycles. The van der Waals surface area contributed by atoms with Crippen LogP contribution in [0.4, 0.5) is 11.4 Å². The van der Waals surface area contributed by atoms with Gasteiger partial charge in [-0.3, -0.25) is 4.98 Å². The third kappa shape index (κ3) is 2.08. The minimum Gasteiger partial charge on any atom is -0.398 e. The fraction of sp³-hybridized carbons (Fsp3) is 0.308. The summed E-state index contributed by atoms with van der Waals surface area (Å²) >= 11 is 0. The van der Waals surface area contributed by atoms with E-state index in [1.165, 1.54) is 0 Å². The van der Waals surface area contributed by atoms with Crippen molar-refractivity contribution in [1.82, 2.24) is 4.98 Å². The molecule has 1 aromatic heterocycles. The lowest BCUT2D eigenvalue weighted by molar-refractivity contribution is 0.635. The van der Waals surface area contributed by atoms with Crippen LogP contribution in [0.3, 0.4) is 0 Å². The number of aromatic nitrogens is 1. The quantitative estimate of drug-likeness (QED) is 0.719. The van der Waals surface area contributed by atoms with Crippen LogP contribution in [0.1, 0.15) is 20.8 Å². The molecule has 0 aliphatic heterocycles. The van der Waals surface area contributed by atoms with Gasteiger partial charge in [-0.2, -0.15) is 0 Å². The van der Waals surface area contributed by atoms with Crippen molar-refractivity contribution in [3.05, 3.63) is 30.6 Å². The van der Waals surface area contributed by atoms with E-state index in [-0.39, 0.29) is 5.54 Å². The normalized spacial score (nSPS) is 11.7. The van der Waals surface area contributed by atoms with E-state index in [1.54, 1.807) is 6.20 Å². The molecule has 0 radical (unpaired) electrons. The fourth-order valence-corrected chi connectivity index (χ4v) is 1.73. The summed E-state index contributed by atoms with van der Waals surface area (Å²) in [6.45, 7) is 6.39. The molecule has 3 N–H and O–H groups in total. The van der Waals surface area contributed by atoms with Crippen molar-refractivity contribution in [3.63, 3.8) is 0 Å². The highest BCUT2D eigenvalue weighted by molar-refractivity contribution is 6.00. The molecular weight excluding hydrogens is 198 g/mol. The van der Waals surface area contributed by atoms with E-state index in [4.69, 9.17) is 5.73 Å². The first-order valence-corrected chi connectivity index (χ1v) is 5.38. The van der Waals surface area contributed by atoms with Gasteiger partial charge in [-0.05, 0) is 39.0 Å². The zero-order valence-electron chi connectivity index (χ0n) is 9.91. The van der Waals surface area contributed by atoms with Gasteiger partial charge >= 0.3 is 0 Å². The van der Waals surface area contributed by atoms with Gasteiger partial charge in [-0.1, -0.05) is 0 Å². The molecule has 0 spiro atoms. The van der Waals surface area contributed by atoms with Gasteiger partial charge in [0.05, 0.1) is 0 Å². The van der Waals surface area contributed by atoms with Crippen LogP contribution in [0.5, 0.6) is 0 Å². The zero-order valence-corrected chi connectivity index (χ0v) is 9.91. The van der Waals surface area contributed by atoms with Crippen LogP contribution in [0, 0.1) is 0 Å². The van der Waals surface area contributed by atoms with Crippen LogP contribution >= 0.6 is 0 Å². The molecule has 0 unspecified atom stereocenters. The second kappa shape index (κ2) is 3.67. The number of benzene rings is 1. The smallest absolute Gasteiger partial charge is 0.0441 e. The van der Waals surface area contributed by atoms with Gasteiger partial charge in [0.15, 0.2) is 0 Å². The number of nitrogens with two attached hydrogens (primary N) is 1. The van der Waals surface area contributed by atoms with Crippen molar-refractivity contribution >= 4 is 22.1 Å². The second-order valence-electron chi connectivity index (χ2n) is 5.00. The number of nitrogens with zero attached hydrogens (tertiary/aromatic N) is 1. The van der Waals surface area contributed by atoms with Crippen LogP contribution in [-0.4, -0.2) is 10.5 Å². The van der Waals surface area contributed by atoms with Crippen LogP contribution < -0.4 is 11.1 Å². The molecule has 1 aromatic carbocycles. The molecule has 0 amide bonds. The van der Waals surface area contributed by atoms with Gasteiger partial charge in [0, 0.05) is 40.1 Å². The third-order valence-electron chi connectivity index (χ3n) is 2.36. The van der Waals surface area contributed by atoms with E-state index in [9.17, 15) is 0 Å². The van der Waals surface area contributed by atoms with Crippen LogP contribution in [0.15, 0.2) is 30.6 Å². The summed E-state index contributed by atoms with van der Waals surface area (Å²) in [6.07, 6.45) is 3.61. The molecule has 3 nitrogen and oxygen atoms in total. The van der Waals surface area contributed by atoms with Crippen molar-refractivity contribution in [2.75, 3.05) is 11.1 Å². The number of nitrogens with one attached hydrogen (secondary N) is 1. The van der Waals surface area contributed by atoms with Gasteiger partial charge in [0.1, 0.15) is 0 Å². The van der Waals surface area contributed by atoms with E-state index in [0.717, 1.165) is 22.1 Å². The number of rotatable bonds is 1. The van der Waals surface area contributed by atoms with Crippen molar-refractivity contribution in [2.24, 2.45) is 0 Å². The predicted molar refractivity (Wildman–Crippen MR) is 69.5 cm³/mol. The largest absolute Gasteiger partial charge is 0.398 e.